The van der Waals surface area contributed by atoms with Crippen LogP contribution in [0, 0.1) is 11.8 Å². The van der Waals surface area contributed by atoms with Crippen LogP contribution in [0.2, 0.25) is 0 Å². The molecule has 190 valence electrons. The van der Waals surface area contributed by atoms with E-state index in [-0.39, 0.29) is 11.9 Å². The molecule has 0 saturated carbocycles. The van der Waals surface area contributed by atoms with Gasteiger partial charge in [0.25, 0.3) is 0 Å². The molecule has 1 N–H and O–H groups in total. The molecule has 36 heavy (non-hydrogen) atoms. The topological polar surface area (TPSA) is 41.6 Å². The van der Waals surface area contributed by atoms with Gasteiger partial charge in [-0.2, -0.15) is 0 Å². The number of carbonyl (C=O) groups is 1. The van der Waals surface area contributed by atoms with Crippen LogP contribution in [0.4, 0.5) is 0 Å². The lowest BCUT2D eigenvalue weighted by Gasteiger charge is -2.32. The predicted octanol–water partition coefficient (Wildman–Crippen LogP) is 6.54. The largest absolute Gasteiger partial charge is 0.485 e. The van der Waals surface area contributed by atoms with Crippen molar-refractivity contribution in [3.8, 4) is 5.75 Å². The predicted molar refractivity (Wildman–Crippen MR) is 147 cm³/mol. The molecule has 3 aromatic carbocycles. The molecule has 0 aliphatic carbocycles. The molecule has 0 bridgehead atoms. The van der Waals surface area contributed by atoms with Crippen LogP contribution in [0.25, 0.3) is 0 Å². The molecule has 1 aliphatic heterocycles. The van der Waals surface area contributed by atoms with Crippen molar-refractivity contribution in [3.63, 3.8) is 0 Å². The van der Waals surface area contributed by atoms with Gasteiger partial charge < -0.3 is 10.1 Å². The molecular formula is C32H40N2O2. The van der Waals surface area contributed by atoms with E-state index in [1.54, 1.807) is 0 Å². The summed E-state index contributed by atoms with van der Waals surface area (Å²) in [5, 5.41) is 3.25. The second-order valence-corrected chi connectivity index (χ2v) is 10.2. The van der Waals surface area contributed by atoms with Crippen molar-refractivity contribution in [1.82, 2.24) is 10.2 Å². The summed E-state index contributed by atoms with van der Waals surface area (Å²) in [4.78, 5) is 15.4. The second-order valence-electron chi connectivity index (χ2n) is 10.2. The van der Waals surface area contributed by atoms with Gasteiger partial charge in [0.15, 0.2) is 5.78 Å². The number of carbonyl (C=O) groups excluding carboxylic acids is 1. The molecule has 0 amide bonds. The molecule has 0 aromatic heterocycles. The summed E-state index contributed by atoms with van der Waals surface area (Å²) in [6.45, 7) is 6.32. The molecule has 0 spiro atoms. The molecule has 4 nitrogen and oxygen atoms in total. The number of piperidine rings is 1. The molecular weight excluding hydrogens is 444 g/mol. The zero-order valence-electron chi connectivity index (χ0n) is 21.7. The van der Waals surface area contributed by atoms with E-state index in [0.717, 1.165) is 49.5 Å². The van der Waals surface area contributed by atoms with Gasteiger partial charge in [-0.3, -0.25) is 9.69 Å². The summed E-state index contributed by atoms with van der Waals surface area (Å²) in [6, 6.07) is 28.8. The van der Waals surface area contributed by atoms with Gasteiger partial charge >= 0.3 is 0 Å². The van der Waals surface area contributed by atoms with Gasteiger partial charge in [0, 0.05) is 31.0 Å². The number of ketones is 1. The summed E-state index contributed by atoms with van der Waals surface area (Å²) in [5.41, 5.74) is 3.32. The van der Waals surface area contributed by atoms with Crippen molar-refractivity contribution in [2.45, 2.75) is 45.3 Å². The molecule has 1 aliphatic rings. The molecule has 1 heterocycles. The van der Waals surface area contributed by atoms with Crippen LogP contribution >= 0.6 is 0 Å². The molecule has 1 saturated heterocycles. The van der Waals surface area contributed by atoms with Gasteiger partial charge in [-0.05, 0) is 80.7 Å². The van der Waals surface area contributed by atoms with Crippen molar-refractivity contribution < 1.29 is 9.53 Å². The van der Waals surface area contributed by atoms with Crippen molar-refractivity contribution >= 4 is 5.78 Å². The van der Waals surface area contributed by atoms with Crippen molar-refractivity contribution in [2.24, 2.45) is 11.8 Å². The number of benzene rings is 3. The van der Waals surface area contributed by atoms with Crippen LogP contribution in [0.5, 0.6) is 5.75 Å². The highest BCUT2D eigenvalue weighted by molar-refractivity contribution is 5.96. The summed E-state index contributed by atoms with van der Waals surface area (Å²) in [7, 11) is 1.97. The first-order valence-corrected chi connectivity index (χ1v) is 13.4. The van der Waals surface area contributed by atoms with Crippen molar-refractivity contribution in [2.75, 3.05) is 26.7 Å². The lowest BCUT2D eigenvalue weighted by atomic mass is 9.90. The van der Waals surface area contributed by atoms with Gasteiger partial charge in [-0.25, -0.2) is 0 Å². The van der Waals surface area contributed by atoms with Gasteiger partial charge in [0.1, 0.15) is 11.9 Å². The maximum Gasteiger partial charge on any atom is 0.162 e. The van der Waals surface area contributed by atoms with E-state index in [9.17, 15) is 4.79 Å². The van der Waals surface area contributed by atoms with E-state index in [4.69, 9.17) is 4.74 Å². The van der Waals surface area contributed by atoms with E-state index < -0.39 is 0 Å². The van der Waals surface area contributed by atoms with Crippen LogP contribution in [0.1, 0.15) is 60.2 Å². The van der Waals surface area contributed by atoms with Gasteiger partial charge in [-0.15, -0.1) is 0 Å². The van der Waals surface area contributed by atoms with Crippen LogP contribution < -0.4 is 10.1 Å². The minimum absolute atomic E-state index is 0.0482. The summed E-state index contributed by atoms with van der Waals surface area (Å²) in [6.07, 6.45) is 3.91. The first-order chi connectivity index (χ1) is 17.6. The lowest BCUT2D eigenvalue weighted by molar-refractivity contribution is 0.0961. The molecule has 4 rings (SSSR count). The van der Waals surface area contributed by atoms with Crippen LogP contribution in [0.15, 0.2) is 84.9 Å². The first-order valence-electron chi connectivity index (χ1n) is 13.4. The maximum atomic E-state index is 12.9. The highest BCUT2D eigenvalue weighted by atomic mass is 16.5. The lowest BCUT2D eigenvalue weighted by Crippen LogP contribution is -2.33. The third-order valence-electron chi connectivity index (χ3n) is 7.35. The Labute approximate surface area is 216 Å². The Kier molecular flexibility index (Phi) is 9.71. The number of likely N-dealkylation sites (tertiary alicyclic amines) is 1. The number of hydrogen-bond acceptors (Lipinski definition) is 4. The van der Waals surface area contributed by atoms with Gasteiger partial charge in [0.2, 0.25) is 0 Å². The second kappa shape index (κ2) is 13.4. The fraction of sp³-hybridized carbons (Fsp3) is 0.406. The number of nitrogens with zero attached hydrogens (tertiary/aromatic N) is 1. The highest BCUT2D eigenvalue weighted by Crippen LogP contribution is 2.29. The first kappa shape index (κ1) is 26.1. The normalized spacial score (nSPS) is 16.4. The third kappa shape index (κ3) is 7.52. The maximum absolute atomic E-state index is 12.9. The Morgan fingerprint density at radius 3 is 2.22 bits per heavy atom. The molecule has 2 unspecified atom stereocenters. The average Bonchev–Trinajstić information content (AvgIpc) is 2.92. The minimum Gasteiger partial charge on any atom is -0.485 e. The van der Waals surface area contributed by atoms with Crippen molar-refractivity contribution in [3.05, 3.63) is 102 Å². The van der Waals surface area contributed by atoms with Crippen LogP contribution in [-0.2, 0) is 6.54 Å². The third-order valence-corrected chi connectivity index (χ3v) is 7.35. The number of ether oxygens (including phenoxy) is 1. The van der Waals surface area contributed by atoms with E-state index in [1.165, 1.54) is 18.4 Å². The standard InChI is InChI=1S/C32H40N2O2/c1-25(23-33-2)32(29-11-7-4-8-12-29)36-30-16-14-28(15-17-30)31(35)18-13-26-19-21-34(22-20-26)24-27-9-5-3-6-10-27/h3-12,14-17,25-26,32-33H,13,18-24H2,1-2H3. The summed E-state index contributed by atoms with van der Waals surface area (Å²) < 4.78 is 6.40. The fourth-order valence-corrected chi connectivity index (χ4v) is 5.20. The van der Waals surface area contributed by atoms with Crippen molar-refractivity contribution in [1.29, 1.82) is 0 Å². The summed E-state index contributed by atoms with van der Waals surface area (Å²) in [5.74, 6) is 1.98. The average molecular weight is 485 g/mol. The Balaban J connectivity index is 1.25. The molecule has 4 heteroatoms. The molecule has 1 fully saturated rings. The summed E-state index contributed by atoms with van der Waals surface area (Å²) >= 11 is 0. The molecule has 0 radical (unpaired) electrons. The van der Waals surface area contributed by atoms with Gasteiger partial charge in [-0.1, -0.05) is 67.6 Å². The highest BCUT2D eigenvalue weighted by Gasteiger charge is 2.22. The SMILES string of the molecule is CNCC(C)C(Oc1ccc(C(=O)CCC2CCN(Cc3ccccc3)CC2)cc1)c1ccccc1. The molecule has 3 aromatic rings. The zero-order valence-corrected chi connectivity index (χ0v) is 21.7. The fourth-order valence-electron chi connectivity index (χ4n) is 5.20. The molecule has 2 atom stereocenters. The number of nitrogens with one attached hydrogen (secondary N) is 1. The van der Waals surface area contributed by atoms with E-state index in [1.807, 2.05) is 49.5 Å². The Morgan fingerprint density at radius 2 is 1.58 bits per heavy atom. The van der Waals surface area contributed by atoms with E-state index in [2.05, 4.69) is 59.6 Å². The van der Waals surface area contributed by atoms with Gasteiger partial charge in [0.05, 0.1) is 0 Å². The Hall–Kier alpha value is -2.95. The monoisotopic (exact) mass is 484 g/mol. The number of Topliss-reactive ketones (excluding diaryl/α,β-unsaturated/α-hetero) is 1. The quantitative estimate of drug-likeness (QED) is 0.297. The Morgan fingerprint density at radius 1 is 0.944 bits per heavy atom. The Bertz CT molecular complexity index is 1040. The smallest absolute Gasteiger partial charge is 0.162 e. The van der Waals surface area contributed by atoms with E-state index in [0.29, 0.717) is 18.3 Å². The van der Waals surface area contributed by atoms with Crippen LogP contribution in [0.3, 0.4) is 0 Å². The number of hydrogen-bond donors (Lipinski definition) is 1. The van der Waals surface area contributed by atoms with Crippen LogP contribution in [-0.4, -0.2) is 37.4 Å². The minimum atomic E-state index is -0.0482. The number of rotatable bonds is 12. The zero-order chi connectivity index (χ0) is 25.2. The van der Waals surface area contributed by atoms with E-state index >= 15 is 0 Å².